The number of aromatic nitrogens is 1. The van der Waals surface area contributed by atoms with Gasteiger partial charge in [0.05, 0.1) is 17.9 Å². The van der Waals surface area contributed by atoms with Crippen molar-refractivity contribution in [2.75, 3.05) is 38.7 Å². The highest BCUT2D eigenvalue weighted by atomic mass is 32.2. The van der Waals surface area contributed by atoms with E-state index < -0.39 is 9.84 Å². The van der Waals surface area contributed by atoms with E-state index in [4.69, 9.17) is 0 Å². The quantitative estimate of drug-likeness (QED) is 0.722. The molecule has 2 aromatic rings. The molecule has 1 amide bonds. The van der Waals surface area contributed by atoms with Gasteiger partial charge >= 0.3 is 0 Å². The van der Waals surface area contributed by atoms with E-state index in [0.29, 0.717) is 19.4 Å². The minimum Gasteiger partial charge on any atom is -0.347 e. The molecule has 1 fully saturated rings. The van der Waals surface area contributed by atoms with Crippen molar-refractivity contribution in [1.29, 1.82) is 0 Å². The molecule has 1 aromatic heterocycles. The lowest BCUT2D eigenvalue weighted by molar-refractivity contribution is -0.132. The van der Waals surface area contributed by atoms with Crippen molar-refractivity contribution in [1.82, 2.24) is 14.4 Å². The SMILES string of the molecule is CCn1cc(CC(=O)N(CCN(C)C)[C@@H]2CCS(=O)(=O)C2)c2ccccc21. The number of benzene rings is 1. The third-order valence-electron chi connectivity index (χ3n) is 5.31. The molecule has 1 atom stereocenters. The zero-order valence-corrected chi connectivity index (χ0v) is 17.2. The van der Waals surface area contributed by atoms with Gasteiger partial charge in [-0.2, -0.15) is 0 Å². The summed E-state index contributed by atoms with van der Waals surface area (Å²) in [7, 11) is 0.891. The van der Waals surface area contributed by atoms with Crippen LogP contribution in [0.4, 0.5) is 0 Å². The molecule has 7 heteroatoms. The first-order chi connectivity index (χ1) is 12.8. The summed E-state index contributed by atoms with van der Waals surface area (Å²) in [5, 5.41) is 1.10. The molecule has 0 radical (unpaired) electrons. The van der Waals surface area contributed by atoms with Crippen molar-refractivity contribution in [3.05, 3.63) is 36.0 Å². The van der Waals surface area contributed by atoms with E-state index in [1.165, 1.54) is 0 Å². The number of fused-ring (bicyclic) bond motifs is 1. The Balaban J connectivity index is 1.84. The lowest BCUT2D eigenvalue weighted by Gasteiger charge is -2.29. The summed E-state index contributed by atoms with van der Waals surface area (Å²) in [6.07, 6.45) is 2.90. The first kappa shape index (κ1) is 19.9. The predicted molar refractivity (Wildman–Crippen MR) is 109 cm³/mol. The van der Waals surface area contributed by atoms with Crippen molar-refractivity contribution in [2.24, 2.45) is 0 Å². The second-order valence-corrected chi connectivity index (χ2v) is 9.81. The Labute approximate surface area is 161 Å². The number of carbonyl (C=O) groups is 1. The molecule has 1 saturated heterocycles. The van der Waals surface area contributed by atoms with Gasteiger partial charge in [-0.15, -0.1) is 0 Å². The van der Waals surface area contributed by atoms with Gasteiger partial charge in [0.1, 0.15) is 0 Å². The van der Waals surface area contributed by atoms with Crippen LogP contribution < -0.4 is 0 Å². The van der Waals surface area contributed by atoms with Crippen LogP contribution >= 0.6 is 0 Å². The van der Waals surface area contributed by atoms with E-state index in [9.17, 15) is 13.2 Å². The van der Waals surface area contributed by atoms with Crippen LogP contribution in [0.25, 0.3) is 10.9 Å². The summed E-state index contributed by atoms with van der Waals surface area (Å²) >= 11 is 0. The summed E-state index contributed by atoms with van der Waals surface area (Å²) in [4.78, 5) is 17.0. The van der Waals surface area contributed by atoms with E-state index in [1.807, 2.05) is 37.2 Å². The molecule has 0 spiro atoms. The second-order valence-electron chi connectivity index (χ2n) is 7.58. The van der Waals surface area contributed by atoms with Crippen LogP contribution in [-0.2, 0) is 27.6 Å². The molecule has 148 valence electrons. The zero-order chi connectivity index (χ0) is 19.6. The minimum atomic E-state index is -3.03. The summed E-state index contributed by atoms with van der Waals surface area (Å²) in [5.41, 5.74) is 2.14. The zero-order valence-electron chi connectivity index (χ0n) is 16.4. The van der Waals surface area contributed by atoms with Crippen molar-refractivity contribution in [3.8, 4) is 0 Å². The molecular weight excluding hydrogens is 362 g/mol. The molecule has 0 N–H and O–H groups in total. The lowest BCUT2D eigenvalue weighted by atomic mass is 10.1. The fourth-order valence-corrected chi connectivity index (χ4v) is 5.56. The van der Waals surface area contributed by atoms with Crippen LogP contribution in [0.5, 0.6) is 0 Å². The number of nitrogens with zero attached hydrogens (tertiary/aromatic N) is 3. The standard InChI is InChI=1S/C20H29N3O3S/c1-4-22-14-16(18-7-5-6-8-19(18)22)13-20(24)23(11-10-21(2)3)17-9-12-27(25,26)15-17/h5-8,14,17H,4,9-13,15H2,1-3H3/t17-/m1/s1. The predicted octanol–water partition coefficient (Wildman–Crippen LogP) is 1.78. The fraction of sp³-hybridized carbons (Fsp3) is 0.550. The van der Waals surface area contributed by atoms with Crippen LogP contribution in [0.2, 0.25) is 0 Å². The number of hydrogen-bond acceptors (Lipinski definition) is 4. The van der Waals surface area contributed by atoms with Gasteiger partial charge < -0.3 is 14.4 Å². The van der Waals surface area contributed by atoms with Crippen molar-refractivity contribution in [2.45, 2.75) is 32.4 Å². The normalized spacial score (nSPS) is 19.0. The molecule has 1 aromatic carbocycles. The number of likely N-dealkylation sites (N-methyl/N-ethyl adjacent to an activating group) is 1. The van der Waals surface area contributed by atoms with E-state index in [2.05, 4.69) is 23.8 Å². The van der Waals surface area contributed by atoms with E-state index in [0.717, 1.165) is 29.6 Å². The first-order valence-corrected chi connectivity index (χ1v) is 11.3. The fourth-order valence-electron chi connectivity index (χ4n) is 3.83. The van der Waals surface area contributed by atoms with Crippen molar-refractivity contribution < 1.29 is 13.2 Å². The molecule has 1 aliphatic rings. The minimum absolute atomic E-state index is 0.0120. The van der Waals surface area contributed by atoms with Crippen molar-refractivity contribution in [3.63, 3.8) is 0 Å². The molecule has 1 aliphatic heterocycles. The van der Waals surface area contributed by atoms with Gasteiger partial charge in [0, 0.05) is 42.8 Å². The molecule has 0 aliphatic carbocycles. The summed E-state index contributed by atoms with van der Waals surface area (Å²) in [5.74, 6) is 0.277. The number of hydrogen-bond donors (Lipinski definition) is 0. The smallest absolute Gasteiger partial charge is 0.227 e. The second kappa shape index (κ2) is 8.02. The Morgan fingerprint density at radius 3 is 2.59 bits per heavy atom. The Hall–Kier alpha value is -1.86. The molecule has 0 unspecified atom stereocenters. The highest BCUT2D eigenvalue weighted by molar-refractivity contribution is 7.91. The Bertz CT molecular complexity index is 918. The number of carbonyl (C=O) groups excluding carboxylic acids is 1. The van der Waals surface area contributed by atoms with E-state index >= 15 is 0 Å². The highest BCUT2D eigenvalue weighted by Gasteiger charge is 2.34. The number of aryl methyl sites for hydroxylation is 1. The lowest BCUT2D eigenvalue weighted by Crippen LogP contribution is -2.45. The van der Waals surface area contributed by atoms with Crippen LogP contribution in [0.15, 0.2) is 30.5 Å². The third kappa shape index (κ3) is 4.52. The maximum atomic E-state index is 13.2. The van der Waals surface area contributed by atoms with E-state index in [1.54, 1.807) is 4.90 Å². The molecular formula is C20H29N3O3S. The maximum absolute atomic E-state index is 13.2. The number of amides is 1. The molecule has 0 bridgehead atoms. The average Bonchev–Trinajstić information content (AvgIpc) is 3.15. The summed E-state index contributed by atoms with van der Waals surface area (Å²) in [6, 6.07) is 7.91. The average molecular weight is 392 g/mol. The van der Waals surface area contributed by atoms with Crippen molar-refractivity contribution >= 4 is 26.6 Å². The Kier molecular flexibility index (Phi) is 5.91. The van der Waals surface area contributed by atoms with Gasteiger partial charge in [0.2, 0.25) is 5.91 Å². The molecule has 27 heavy (non-hydrogen) atoms. The van der Waals surface area contributed by atoms with Gasteiger partial charge in [0.25, 0.3) is 0 Å². The largest absolute Gasteiger partial charge is 0.347 e. The van der Waals surface area contributed by atoms with Gasteiger partial charge in [0.15, 0.2) is 9.84 Å². The van der Waals surface area contributed by atoms with Crippen LogP contribution in [0.1, 0.15) is 18.9 Å². The first-order valence-electron chi connectivity index (χ1n) is 9.52. The molecule has 2 heterocycles. The van der Waals surface area contributed by atoms with Crippen LogP contribution in [-0.4, -0.2) is 73.4 Å². The monoisotopic (exact) mass is 391 g/mol. The van der Waals surface area contributed by atoms with Gasteiger partial charge in [-0.3, -0.25) is 4.79 Å². The molecule has 3 rings (SSSR count). The van der Waals surface area contributed by atoms with Crippen LogP contribution in [0.3, 0.4) is 0 Å². The van der Waals surface area contributed by atoms with Gasteiger partial charge in [-0.1, -0.05) is 18.2 Å². The summed E-state index contributed by atoms with van der Waals surface area (Å²) in [6.45, 7) is 4.21. The Morgan fingerprint density at radius 2 is 1.96 bits per heavy atom. The molecule has 6 nitrogen and oxygen atoms in total. The summed E-state index contributed by atoms with van der Waals surface area (Å²) < 4.78 is 26.0. The topological polar surface area (TPSA) is 62.6 Å². The Morgan fingerprint density at radius 1 is 1.22 bits per heavy atom. The van der Waals surface area contributed by atoms with Gasteiger partial charge in [-0.05, 0) is 39.1 Å². The highest BCUT2D eigenvalue weighted by Crippen LogP contribution is 2.24. The van der Waals surface area contributed by atoms with E-state index in [-0.39, 0.29) is 23.5 Å². The maximum Gasteiger partial charge on any atom is 0.227 e. The number of para-hydroxylation sites is 1. The van der Waals surface area contributed by atoms with Gasteiger partial charge in [-0.25, -0.2) is 8.42 Å². The molecule has 0 saturated carbocycles. The van der Waals surface area contributed by atoms with Crippen LogP contribution in [0, 0.1) is 0 Å². The third-order valence-corrected chi connectivity index (χ3v) is 7.06. The number of sulfone groups is 1. The number of rotatable bonds is 7.